The Bertz CT molecular complexity index is 309. The molecule has 0 aliphatic heterocycles. The zero-order chi connectivity index (χ0) is 14.3. The fourth-order valence-electron chi connectivity index (χ4n) is 2.43. The molecule has 3 unspecified atom stereocenters. The number of carboxylic acids is 1. The minimum absolute atomic E-state index is 0.167. The summed E-state index contributed by atoms with van der Waals surface area (Å²) in [5.74, 6) is -1.54. The quantitative estimate of drug-likeness (QED) is 0.611. The molecule has 19 heavy (non-hydrogen) atoms. The van der Waals surface area contributed by atoms with Crippen LogP contribution >= 0.6 is 0 Å². The maximum Gasteiger partial charge on any atom is 0.326 e. The first-order valence-corrected chi connectivity index (χ1v) is 6.84. The molecular weight excluding hydrogens is 248 g/mol. The summed E-state index contributed by atoms with van der Waals surface area (Å²) in [6, 6.07) is -1.07. The Morgan fingerprint density at radius 2 is 2.05 bits per heavy atom. The van der Waals surface area contributed by atoms with Crippen LogP contribution in [0.15, 0.2) is 0 Å². The lowest BCUT2D eigenvalue weighted by Crippen LogP contribution is -2.48. The van der Waals surface area contributed by atoms with E-state index in [1.54, 1.807) is 0 Å². The Labute approximate surface area is 113 Å². The molecule has 4 N–H and O–H groups in total. The summed E-state index contributed by atoms with van der Waals surface area (Å²) in [4.78, 5) is 23.2. The van der Waals surface area contributed by atoms with E-state index in [-0.39, 0.29) is 24.3 Å². The van der Waals surface area contributed by atoms with E-state index in [1.807, 2.05) is 0 Å². The molecule has 3 atom stereocenters. The maximum absolute atomic E-state index is 12.1. The van der Waals surface area contributed by atoms with Crippen molar-refractivity contribution in [2.75, 3.05) is 13.7 Å². The summed E-state index contributed by atoms with van der Waals surface area (Å²) >= 11 is 0. The smallest absolute Gasteiger partial charge is 0.326 e. The lowest BCUT2D eigenvalue weighted by molar-refractivity contribution is -0.143. The third-order valence-electron chi connectivity index (χ3n) is 3.63. The number of hydrogen-bond acceptors (Lipinski definition) is 4. The van der Waals surface area contributed by atoms with Crippen LogP contribution in [0.3, 0.4) is 0 Å². The second-order valence-electron chi connectivity index (χ2n) is 5.09. The number of nitrogens with two attached hydrogens (primary N) is 1. The van der Waals surface area contributed by atoms with Gasteiger partial charge in [0.25, 0.3) is 0 Å². The highest BCUT2D eigenvalue weighted by molar-refractivity contribution is 5.85. The van der Waals surface area contributed by atoms with E-state index >= 15 is 0 Å². The Kier molecular flexibility index (Phi) is 6.80. The molecule has 0 aromatic heterocycles. The monoisotopic (exact) mass is 272 g/mol. The lowest BCUT2D eigenvalue weighted by atomic mass is 9.94. The number of amides is 1. The van der Waals surface area contributed by atoms with Crippen molar-refractivity contribution in [1.82, 2.24) is 5.32 Å². The molecule has 110 valence electrons. The minimum Gasteiger partial charge on any atom is -0.480 e. The van der Waals surface area contributed by atoms with Crippen molar-refractivity contribution in [3.63, 3.8) is 0 Å². The highest BCUT2D eigenvalue weighted by Gasteiger charge is 2.30. The number of carboxylic acid groups (broad SMARTS) is 1. The fraction of sp³-hybridized carbons (Fsp3) is 0.846. The normalized spacial score (nSPS) is 25.4. The summed E-state index contributed by atoms with van der Waals surface area (Å²) in [5, 5.41) is 11.6. The molecule has 0 spiro atoms. The largest absolute Gasteiger partial charge is 0.480 e. The Balaban J connectivity index is 2.56. The number of ether oxygens (including phenoxy) is 1. The molecule has 6 heteroatoms. The molecule has 1 fully saturated rings. The van der Waals surface area contributed by atoms with Gasteiger partial charge in [-0.15, -0.1) is 0 Å². The van der Waals surface area contributed by atoms with Gasteiger partial charge >= 0.3 is 5.97 Å². The van der Waals surface area contributed by atoms with Gasteiger partial charge in [0.05, 0.1) is 5.92 Å². The Hall–Kier alpha value is -1.14. The predicted octanol–water partition coefficient (Wildman–Crippen LogP) is 0.500. The van der Waals surface area contributed by atoms with E-state index in [1.165, 1.54) is 7.11 Å². The first-order chi connectivity index (χ1) is 9.06. The van der Waals surface area contributed by atoms with E-state index in [2.05, 4.69) is 5.32 Å². The van der Waals surface area contributed by atoms with Crippen LogP contribution in [0.5, 0.6) is 0 Å². The molecule has 0 aromatic rings. The van der Waals surface area contributed by atoms with Crippen molar-refractivity contribution < 1.29 is 19.4 Å². The van der Waals surface area contributed by atoms with Crippen LogP contribution in [0.25, 0.3) is 0 Å². The van der Waals surface area contributed by atoms with Crippen molar-refractivity contribution in [3.05, 3.63) is 0 Å². The molecule has 1 rings (SSSR count). The average molecular weight is 272 g/mol. The SMILES string of the molecule is COCCC(NC(=O)C1CCCCCC1N)C(=O)O. The third kappa shape index (κ3) is 5.16. The highest BCUT2D eigenvalue weighted by Crippen LogP contribution is 2.22. The number of nitrogens with one attached hydrogen (secondary N) is 1. The van der Waals surface area contributed by atoms with E-state index in [0.29, 0.717) is 6.61 Å². The minimum atomic E-state index is -1.03. The summed E-state index contributed by atoms with van der Waals surface area (Å²) in [5.41, 5.74) is 6.00. The van der Waals surface area contributed by atoms with E-state index in [9.17, 15) is 9.59 Å². The van der Waals surface area contributed by atoms with E-state index in [0.717, 1.165) is 32.1 Å². The molecule has 0 bridgehead atoms. The molecule has 6 nitrogen and oxygen atoms in total. The second-order valence-corrected chi connectivity index (χ2v) is 5.09. The van der Waals surface area contributed by atoms with Crippen molar-refractivity contribution in [3.8, 4) is 0 Å². The highest BCUT2D eigenvalue weighted by atomic mass is 16.5. The van der Waals surface area contributed by atoms with Gasteiger partial charge in [-0.3, -0.25) is 4.79 Å². The van der Waals surface area contributed by atoms with Crippen LogP contribution in [-0.4, -0.2) is 42.8 Å². The van der Waals surface area contributed by atoms with Gasteiger partial charge in [-0.2, -0.15) is 0 Å². The fourth-order valence-corrected chi connectivity index (χ4v) is 2.43. The van der Waals surface area contributed by atoms with Gasteiger partial charge < -0.3 is 20.9 Å². The van der Waals surface area contributed by atoms with Gasteiger partial charge in [-0.1, -0.05) is 19.3 Å². The molecule has 1 saturated carbocycles. The van der Waals surface area contributed by atoms with Gasteiger partial charge in [-0.25, -0.2) is 4.79 Å². The molecule has 0 aromatic carbocycles. The van der Waals surface area contributed by atoms with Crippen LogP contribution < -0.4 is 11.1 Å². The standard InChI is InChI=1S/C13H24N2O4/c1-19-8-7-11(13(17)18)15-12(16)9-5-3-2-4-6-10(9)14/h9-11H,2-8,14H2,1H3,(H,15,16)(H,17,18). The zero-order valence-corrected chi connectivity index (χ0v) is 11.4. The van der Waals surface area contributed by atoms with Gasteiger partial charge in [-0.05, 0) is 12.8 Å². The third-order valence-corrected chi connectivity index (χ3v) is 3.63. The van der Waals surface area contributed by atoms with Crippen LogP contribution in [0.1, 0.15) is 38.5 Å². The lowest BCUT2D eigenvalue weighted by Gasteiger charge is -2.23. The van der Waals surface area contributed by atoms with Crippen LogP contribution in [-0.2, 0) is 14.3 Å². The number of carbonyl (C=O) groups excluding carboxylic acids is 1. The predicted molar refractivity (Wildman–Crippen MR) is 70.6 cm³/mol. The molecule has 0 saturated heterocycles. The van der Waals surface area contributed by atoms with Crippen molar-refractivity contribution >= 4 is 11.9 Å². The number of aliphatic carboxylic acids is 1. The first kappa shape index (κ1) is 15.9. The first-order valence-electron chi connectivity index (χ1n) is 6.84. The number of methoxy groups -OCH3 is 1. The number of hydrogen-bond donors (Lipinski definition) is 3. The molecular formula is C13H24N2O4. The second kappa shape index (κ2) is 8.12. The van der Waals surface area contributed by atoms with Crippen molar-refractivity contribution in [2.24, 2.45) is 11.7 Å². The average Bonchev–Trinajstić information content (AvgIpc) is 2.58. The molecule has 0 radical (unpaired) electrons. The summed E-state index contributed by atoms with van der Waals surface area (Å²) in [6.45, 7) is 0.300. The molecule has 1 amide bonds. The number of carbonyl (C=O) groups is 2. The number of rotatable bonds is 6. The molecule has 1 aliphatic carbocycles. The van der Waals surface area contributed by atoms with Crippen LogP contribution in [0.4, 0.5) is 0 Å². The van der Waals surface area contributed by atoms with Crippen LogP contribution in [0.2, 0.25) is 0 Å². The van der Waals surface area contributed by atoms with Gasteiger partial charge in [0.1, 0.15) is 6.04 Å². The Morgan fingerprint density at radius 1 is 1.37 bits per heavy atom. The summed E-state index contributed by atoms with van der Waals surface area (Å²) < 4.78 is 4.85. The summed E-state index contributed by atoms with van der Waals surface area (Å²) in [7, 11) is 1.50. The van der Waals surface area contributed by atoms with Crippen molar-refractivity contribution in [1.29, 1.82) is 0 Å². The summed E-state index contributed by atoms with van der Waals surface area (Å²) in [6.07, 6.45) is 4.93. The van der Waals surface area contributed by atoms with Gasteiger partial charge in [0.15, 0.2) is 0 Å². The van der Waals surface area contributed by atoms with Gasteiger partial charge in [0.2, 0.25) is 5.91 Å². The van der Waals surface area contributed by atoms with Crippen molar-refractivity contribution in [2.45, 2.75) is 50.6 Å². The van der Waals surface area contributed by atoms with Gasteiger partial charge in [0, 0.05) is 26.2 Å². The molecule has 0 heterocycles. The maximum atomic E-state index is 12.1. The van der Waals surface area contributed by atoms with E-state index in [4.69, 9.17) is 15.6 Å². The molecule has 1 aliphatic rings. The Morgan fingerprint density at radius 3 is 2.68 bits per heavy atom. The topological polar surface area (TPSA) is 102 Å². The zero-order valence-electron chi connectivity index (χ0n) is 11.4. The van der Waals surface area contributed by atoms with Crippen LogP contribution in [0, 0.1) is 5.92 Å². The van der Waals surface area contributed by atoms with E-state index < -0.39 is 12.0 Å².